The van der Waals surface area contributed by atoms with Gasteiger partial charge < -0.3 is 4.52 Å². The lowest BCUT2D eigenvalue weighted by atomic mass is 10.1. The number of sulfone groups is 1. The molecule has 1 aromatic heterocycles. The average molecular weight is 354 g/mol. The lowest BCUT2D eigenvalue weighted by Crippen LogP contribution is -2.07. The van der Waals surface area contributed by atoms with Crippen molar-refractivity contribution in [1.29, 1.82) is 0 Å². The third-order valence-corrected chi connectivity index (χ3v) is 4.97. The first-order valence-corrected chi connectivity index (χ1v) is 9.66. The second-order valence-electron chi connectivity index (χ2n) is 5.75. The SMILES string of the molecule is Cc1ccc(-c2noc(CS(=O)(=O)C/C=C/c3ccccc3)n2)cc1. The Balaban J connectivity index is 1.65. The molecular formula is C19H18N2O3S. The van der Waals surface area contributed by atoms with Crippen molar-refractivity contribution in [1.82, 2.24) is 10.1 Å². The Labute approximate surface area is 146 Å². The molecule has 0 aliphatic rings. The van der Waals surface area contributed by atoms with E-state index in [0.29, 0.717) is 5.82 Å². The minimum atomic E-state index is -3.36. The number of aromatic nitrogens is 2. The van der Waals surface area contributed by atoms with Crippen LogP contribution in [0.5, 0.6) is 0 Å². The molecule has 3 aromatic rings. The van der Waals surface area contributed by atoms with Gasteiger partial charge in [-0.2, -0.15) is 4.98 Å². The van der Waals surface area contributed by atoms with Crippen LogP contribution in [-0.2, 0) is 15.6 Å². The summed E-state index contributed by atoms with van der Waals surface area (Å²) < 4.78 is 29.5. The average Bonchev–Trinajstić information content (AvgIpc) is 3.04. The van der Waals surface area contributed by atoms with Crippen molar-refractivity contribution in [2.75, 3.05) is 5.75 Å². The molecule has 0 spiro atoms. The van der Waals surface area contributed by atoms with Gasteiger partial charge in [-0.1, -0.05) is 77.5 Å². The van der Waals surface area contributed by atoms with Crippen LogP contribution in [0.1, 0.15) is 17.0 Å². The van der Waals surface area contributed by atoms with Crippen LogP contribution in [-0.4, -0.2) is 24.3 Å². The van der Waals surface area contributed by atoms with Gasteiger partial charge in [-0.05, 0) is 12.5 Å². The Morgan fingerprint density at radius 3 is 2.48 bits per heavy atom. The number of rotatable bonds is 6. The molecule has 0 amide bonds. The van der Waals surface area contributed by atoms with E-state index in [-0.39, 0.29) is 17.4 Å². The normalized spacial score (nSPS) is 11.9. The Kier molecular flexibility index (Phi) is 5.09. The standard InChI is InChI=1S/C19H18N2O3S/c1-15-9-11-17(12-10-15)19-20-18(24-21-19)14-25(22,23)13-5-8-16-6-3-2-4-7-16/h2-12H,13-14H2,1H3/b8-5+. The molecule has 0 atom stereocenters. The van der Waals surface area contributed by atoms with E-state index in [9.17, 15) is 8.42 Å². The molecule has 6 heteroatoms. The van der Waals surface area contributed by atoms with Crippen LogP contribution in [0.25, 0.3) is 17.5 Å². The summed E-state index contributed by atoms with van der Waals surface area (Å²) in [6.07, 6.45) is 3.41. The van der Waals surface area contributed by atoms with E-state index in [0.717, 1.165) is 16.7 Å². The van der Waals surface area contributed by atoms with Gasteiger partial charge >= 0.3 is 0 Å². The molecule has 0 aliphatic heterocycles. The highest BCUT2D eigenvalue weighted by Gasteiger charge is 2.16. The van der Waals surface area contributed by atoms with Crippen LogP contribution >= 0.6 is 0 Å². The zero-order chi connectivity index (χ0) is 17.7. The summed E-state index contributed by atoms with van der Waals surface area (Å²) >= 11 is 0. The Morgan fingerprint density at radius 2 is 1.76 bits per heavy atom. The fourth-order valence-electron chi connectivity index (χ4n) is 2.28. The van der Waals surface area contributed by atoms with Gasteiger partial charge in [0, 0.05) is 5.56 Å². The molecule has 1 heterocycles. The van der Waals surface area contributed by atoms with Crippen LogP contribution < -0.4 is 0 Å². The highest BCUT2D eigenvalue weighted by molar-refractivity contribution is 7.90. The molecule has 0 saturated carbocycles. The largest absolute Gasteiger partial charge is 0.338 e. The predicted molar refractivity (Wildman–Crippen MR) is 97.4 cm³/mol. The molecule has 2 aromatic carbocycles. The van der Waals surface area contributed by atoms with Crippen LogP contribution in [0.15, 0.2) is 65.2 Å². The van der Waals surface area contributed by atoms with Gasteiger partial charge in [-0.25, -0.2) is 8.42 Å². The molecular weight excluding hydrogens is 336 g/mol. The maximum atomic E-state index is 12.2. The van der Waals surface area contributed by atoms with E-state index >= 15 is 0 Å². The van der Waals surface area contributed by atoms with E-state index in [1.54, 1.807) is 12.2 Å². The van der Waals surface area contributed by atoms with E-state index in [1.807, 2.05) is 61.5 Å². The molecule has 0 radical (unpaired) electrons. The summed E-state index contributed by atoms with van der Waals surface area (Å²) in [7, 11) is -3.36. The van der Waals surface area contributed by atoms with Gasteiger partial charge in [0.05, 0.1) is 5.75 Å². The first kappa shape index (κ1) is 17.1. The maximum absolute atomic E-state index is 12.2. The highest BCUT2D eigenvalue weighted by Crippen LogP contribution is 2.17. The second-order valence-corrected chi connectivity index (χ2v) is 7.85. The Hall–Kier alpha value is -2.73. The summed E-state index contributed by atoms with van der Waals surface area (Å²) in [4.78, 5) is 4.18. The minimum absolute atomic E-state index is 0.0792. The summed E-state index contributed by atoms with van der Waals surface area (Å²) in [5, 5.41) is 3.86. The molecule has 0 bridgehead atoms. The number of aryl methyl sites for hydroxylation is 1. The number of hydrogen-bond donors (Lipinski definition) is 0. The van der Waals surface area contributed by atoms with Crippen LogP contribution in [0, 0.1) is 6.92 Å². The molecule has 5 nitrogen and oxygen atoms in total. The van der Waals surface area contributed by atoms with Crippen molar-refractivity contribution in [3.63, 3.8) is 0 Å². The maximum Gasteiger partial charge on any atom is 0.242 e. The zero-order valence-electron chi connectivity index (χ0n) is 13.8. The Morgan fingerprint density at radius 1 is 1.04 bits per heavy atom. The lowest BCUT2D eigenvalue weighted by Gasteiger charge is -1.97. The van der Waals surface area contributed by atoms with Gasteiger partial charge in [0.2, 0.25) is 11.7 Å². The molecule has 0 unspecified atom stereocenters. The van der Waals surface area contributed by atoms with Crippen molar-refractivity contribution >= 4 is 15.9 Å². The van der Waals surface area contributed by atoms with Crippen molar-refractivity contribution in [2.24, 2.45) is 0 Å². The van der Waals surface area contributed by atoms with E-state index in [2.05, 4.69) is 10.1 Å². The monoisotopic (exact) mass is 354 g/mol. The third kappa shape index (κ3) is 4.87. The summed E-state index contributed by atoms with van der Waals surface area (Å²) in [6.45, 7) is 1.99. The zero-order valence-corrected chi connectivity index (χ0v) is 14.6. The number of hydrogen-bond acceptors (Lipinski definition) is 5. The number of nitrogens with zero attached hydrogens (tertiary/aromatic N) is 2. The molecule has 128 valence electrons. The molecule has 3 rings (SSSR count). The summed E-state index contributed by atoms with van der Waals surface area (Å²) in [5.74, 6) is 0.142. The quantitative estimate of drug-likeness (QED) is 0.675. The van der Waals surface area contributed by atoms with E-state index in [1.165, 1.54) is 0 Å². The predicted octanol–water partition coefficient (Wildman–Crippen LogP) is 3.67. The van der Waals surface area contributed by atoms with Gasteiger partial charge in [-0.15, -0.1) is 0 Å². The van der Waals surface area contributed by atoms with Gasteiger partial charge in [-0.3, -0.25) is 0 Å². The summed E-state index contributed by atoms with van der Waals surface area (Å²) in [6, 6.07) is 17.2. The van der Waals surface area contributed by atoms with Crippen molar-refractivity contribution in [2.45, 2.75) is 12.7 Å². The van der Waals surface area contributed by atoms with E-state index in [4.69, 9.17) is 4.52 Å². The van der Waals surface area contributed by atoms with Crippen molar-refractivity contribution in [3.05, 3.63) is 77.7 Å². The Bertz CT molecular complexity index is 959. The van der Waals surface area contributed by atoms with Gasteiger partial charge in [0.1, 0.15) is 5.75 Å². The van der Waals surface area contributed by atoms with Gasteiger partial charge in [0.25, 0.3) is 0 Å². The van der Waals surface area contributed by atoms with Crippen molar-refractivity contribution < 1.29 is 12.9 Å². The number of benzene rings is 2. The van der Waals surface area contributed by atoms with Crippen LogP contribution in [0.4, 0.5) is 0 Å². The van der Waals surface area contributed by atoms with Crippen LogP contribution in [0.3, 0.4) is 0 Å². The fraction of sp³-hybridized carbons (Fsp3) is 0.158. The smallest absolute Gasteiger partial charge is 0.242 e. The highest BCUT2D eigenvalue weighted by atomic mass is 32.2. The second kappa shape index (κ2) is 7.44. The fourth-order valence-corrected chi connectivity index (χ4v) is 3.28. The first-order chi connectivity index (χ1) is 12.0. The topological polar surface area (TPSA) is 73.1 Å². The lowest BCUT2D eigenvalue weighted by molar-refractivity contribution is 0.389. The molecule has 25 heavy (non-hydrogen) atoms. The molecule has 0 fully saturated rings. The van der Waals surface area contributed by atoms with Gasteiger partial charge in [0.15, 0.2) is 9.84 Å². The first-order valence-electron chi connectivity index (χ1n) is 7.83. The molecule has 0 aliphatic carbocycles. The molecule has 0 N–H and O–H groups in total. The van der Waals surface area contributed by atoms with Crippen LogP contribution in [0.2, 0.25) is 0 Å². The van der Waals surface area contributed by atoms with Crippen molar-refractivity contribution in [3.8, 4) is 11.4 Å². The minimum Gasteiger partial charge on any atom is -0.338 e. The summed E-state index contributed by atoms with van der Waals surface area (Å²) in [5.41, 5.74) is 2.87. The molecule has 0 saturated heterocycles. The van der Waals surface area contributed by atoms with E-state index < -0.39 is 9.84 Å². The third-order valence-electron chi connectivity index (χ3n) is 3.58.